The summed E-state index contributed by atoms with van der Waals surface area (Å²) in [6.07, 6.45) is 1.98. The fraction of sp³-hybridized carbons (Fsp3) is 0.250. The highest BCUT2D eigenvalue weighted by Gasteiger charge is 2.38. The van der Waals surface area contributed by atoms with Crippen molar-refractivity contribution in [1.82, 2.24) is 0 Å². The Balaban J connectivity index is 1.94. The smallest absolute Gasteiger partial charge is 0.193 e. The summed E-state index contributed by atoms with van der Waals surface area (Å²) in [5.74, 6) is -1.02. The minimum absolute atomic E-state index is 0.108. The molecule has 0 amide bonds. The Labute approximate surface area is 150 Å². The second-order valence-corrected chi connectivity index (χ2v) is 6.81. The molecule has 136 valence electrons. The number of fused-ring (bicyclic) bond motifs is 1. The molecule has 6 nitrogen and oxygen atoms in total. The third kappa shape index (κ3) is 3.23. The summed E-state index contributed by atoms with van der Waals surface area (Å²) in [4.78, 5) is 12.5. The van der Waals surface area contributed by atoms with Gasteiger partial charge in [0, 0.05) is 18.1 Å². The summed E-state index contributed by atoms with van der Waals surface area (Å²) in [6, 6.07) is 7.50. The van der Waals surface area contributed by atoms with Crippen molar-refractivity contribution in [3.05, 3.63) is 53.1 Å². The third-order valence-electron chi connectivity index (χ3n) is 4.48. The molecule has 2 aromatic rings. The van der Waals surface area contributed by atoms with Gasteiger partial charge in [-0.3, -0.25) is 4.79 Å². The van der Waals surface area contributed by atoms with Gasteiger partial charge in [0.05, 0.1) is 6.10 Å². The first kappa shape index (κ1) is 17.8. The molecule has 0 saturated heterocycles. The van der Waals surface area contributed by atoms with Crippen molar-refractivity contribution < 1.29 is 30.0 Å². The predicted molar refractivity (Wildman–Crippen MR) is 95.7 cm³/mol. The zero-order chi connectivity index (χ0) is 19.1. The van der Waals surface area contributed by atoms with Crippen LogP contribution in [0.3, 0.4) is 0 Å². The normalized spacial score (nSPS) is 18.3. The molecule has 0 spiro atoms. The van der Waals surface area contributed by atoms with Crippen molar-refractivity contribution in [2.75, 3.05) is 0 Å². The Morgan fingerprint density at radius 2 is 1.85 bits per heavy atom. The molecule has 1 unspecified atom stereocenters. The van der Waals surface area contributed by atoms with Crippen LogP contribution in [-0.2, 0) is 6.42 Å². The van der Waals surface area contributed by atoms with Crippen molar-refractivity contribution in [2.45, 2.75) is 32.0 Å². The molecular weight excluding hydrogens is 336 g/mol. The van der Waals surface area contributed by atoms with E-state index < -0.39 is 29.0 Å². The number of carbonyl (C=O) groups is 1. The molecule has 1 heterocycles. The van der Waals surface area contributed by atoms with Crippen molar-refractivity contribution >= 4 is 11.9 Å². The number of aliphatic hydroxyl groups excluding tert-OH is 1. The minimum Gasteiger partial charge on any atom is -0.508 e. The predicted octanol–water partition coefficient (Wildman–Crippen LogP) is 2.77. The second-order valence-electron chi connectivity index (χ2n) is 6.81. The largest absolute Gasteiger partial charge is 0.508 e. The number of allylic oxidation sites excluding steroid dienone is 1. The highest BCUT2D eigenvalue weighted by atomic mass is 16.5. The van der Waals surface area contributed by atoms with Gasteiger partial charge in [-0.1, -0.05) is 18.2 Å². The lowest BCUT2D eigenvalue weighted by Gasteiger charge is -2.37. The number of ether oxygens (including phenoxy) is 1. The van der Waals surface area contributed by atoms with Gasteiger partial charge in [-0.15, -0.1) is 0 Å². The Morgan fingerprint density at radius 1 is 1.19 bits per heavy atom. The fourth-order valence-electron chi connectivity index (χ4n) is 2.83. The van der Waals surface area contributed by atoms with E-state index in [1.807, 2.05) is 0 Å². The molecule has 1 aliphatic heterocycles. The topological polar surface area (TPSA) is 107 Å². The molecule has 0 saturated carbocycles. The first-order valence-electron chi connectivity index (χ1n) is 8.15. The molecule has 0 fully saturated rings. The number of aliphatic hydroxyl groups is 1. The summed E-state index contributed by atoms with van der Waals surface area (Å²) >= 11 is 0. The van der Waals surface area contributed by atoms with E-state index in [1.54, 1.807) is 26.0 Å². The number of hydrogen-bond donors (Lipinski definition) is 4. The minimum atomic E-state index is -0.865. The van der Waals surface area contributed by atoms with Crippen LogP contribution in [0.5, 0.6) is 23.0 Å². The van der Waals surface area contributed by atoms with Gasteiger partial charge in [0.1, 0.15) is 34.2 Å². The van der Waals surface area contributed by atoms with Crippen LogP contribution in [0, 0.1) is 0 Å². The van der Waals surface area contributed by atoms with Crippen LogP contribution in [0.2, 0.25) is 0 Å². The summed E-state index contributed by atoms with van der Waals surface area (Å²) in [7, 11) is 0. The number of ketones is 1. The van der Waals surface area contributed by atoms with E-state index in [-0.39, 0.29) is 29.0 Å². The molecule has 0 aliphatic carbocycles. The molecule has 0 aromatic heterocycles. The van der Waals surface area contributed by atoms with Crippen LogP contribution in [0.1, 0.15) is 35.3 Å². The molecule has 0 bridgehead atoms. The number of phenolic OH excluding ortho intramolecular Hbond substituents is 3. The van der Waals surface area contributed by atoms with Crippen LogP contribution >= 0.6 is 0 Å². The molecule has 2 aromatic carbocycles. The van der Waals surface area contributed by atoms with Crippen molar-refractivity contribution in [1.29, 1.82) is 0 Å². The third-order valence-corrected chi connectivity index (χ3v) is 4.48. The SMILES string of the molecule is CC1(C)Oc2cc(O)c(C(=O)/C=C/c3ccc(O)cc3)c(O)c2CC1O. The number of carbonyl (C=O) groups excluding carboxylic acids is 1. The molecule has 1 atom stereocenters. The van der Waals surface area contributed by atoms with E-state index in [4.69, 9.17) is 4.74 Å². The molecule has 4 N–H and O–H groups in total. The molecule has 6 heteroatoms. The van der Waals surface area contributed by atoms with E-state index >= 15 is 0 Å². The molecule has 3 rings (SSSR count). The Bertz CT molecular complexity index is 880. The van der Waals surface area contributed by atoms with Crippen LogP contribution in [0.4, 0.5) is 0 Å². The van der Waals surface area contributed by atoms with E-state index in [2.05, 4.69) is 0 Å². The van der Waals surface area contributed by atoms with Crippen molar-refractivity contribution in [2.24, 2.45) is 0 Å². The monoisotopic (exact) mass is 356 g/mol. The summed E-state index contributed by atoms with van der Waals surface area (Å²) < 4.78 is 5.65. The Morgan fingerprint density at radius 3 is 2.50 bits per heavy atom. The fourth-order valence-corrected chi connectivity index (χ4v) is 2.83. The number of hydrogen-bond acceptors (Lipinski definition) is 6. The van der Waals surface area contributed by atoms with Gasteiger partial charge < -0.3 is 25.2 Å². The van der Waals surface area contributed by atoms with E-state index in [9.17, 15) is 25.2 Å². The van der Waals surface area contributed by atoms with Gasteiger partial charge in [-0.25, -0.2) is 0 Å². The van der Waals surface area contributed by atoms with Gasteiger partial charge in [-0.05, 0) is 37.6 Å². The van der Waals surface area contributed by atoms with E-state index in [0.29, 0.717) is 5.56 Å². The van der Waals surface area contributed by atoms with Gasteiger partial charge >= 0.3 is 0 Å². The van der Waals surface area contributed by atoms with E-state index in [1.165, 1.54) is 30.4 Å². The number of aromatic hydroxyl groups is 3. The van der Waals surface area contributed by atoms with Gasteiger partial charge in [-0.2, -0.15) is 0 Å². The second kappa shape index (κ2) is 6.38. The lowest BCUT2D eigenvalue weighted by molar-refractivity contribution is -0.0418. The maximum absolute atomic E-state index is 12.5. The quantitative estimate of drug-likeness (QED) is 0.498. The average Bonchev–Trinajstić information content (AvgIpc) is 2.56. The Kier molecular flexibility index (Phi) is 4.38. The molecule has 1 aliphatic rings. The lowest BCUT2D eigenvalue weighted by atomic mass is 9.89. The summed E-state index contributed by atoms with van der Waals surface area (Å²) in [5.41, 5.74) is -0.144. The van der Waals surface area contributed by atoms with Crippen molar-refractivity contribution in [3.8, 4) is 23.0 Å². The first-order valence-corrected chi connectivity index (χ1v) is 8.15. The first-order chi connectivity index (χ1) is 12.2. The van der Waals surface area contributed by atoms with Gasteiger partial charge in [0.25, 0.3) is 0 Å². The van der Waals surface area contributed by atoms with Crippen molar-refractivity contribution in [3.63, 3.8) is 0 Å². The summed E-state index contributed by atoms with van der Waals surface area (Å²) in [6.45, 7) is 3.41. The van der Waals surface area contributed by atoms with Crippen LogP contribution in [0.25, 0.3) is 6.08 Å². The molecule has 26 heavy (non-hydrogen) atoms. The average molecular weight is 356 g/mol. The maximum atomic E-state index is 12.5. The lowest BCUT2D eigenvalue weighted by Crippen LogP contribution is -2.46. The zero-order valence-electron chi connectivity index (χ0n) is 14.4. The van der Waals surface area contributed by atoms with Gasteiger partial charge in [0.15, 0.2) is 5.78 Å². The number of benzene rings is 2. The van der Waals surface area contributed by atoms with Crippen LogP contribution < -0.4 is 4.74 Å². The zero-order valence-corrected chi connectivity index (χ0v) is 14.4. The summed E-state index contributed by atoms with van der Waals surface area (Å²) in [5, 5.41) is 40.1. The van der Waals surface area contributed by atoms with Crippen LogP contribution in [-0.4, -0.2) is 37.9 Å². The standard InChI is InChI=1S/C20H20O6/c1-20(2)17(24)9-13-16(26-20)10-15(23)18(19(13)25)14(22)8-5-11-3-6-12(21)7-4-11/h3-8,10,17,21,23-25H,9H2,1-2H3/b8-5+. The molecular formula is C20H20O6. The Hall–Kier alpha value is -2.99. The highest BCUT2D eigenvalue weighted by molar-refractivity contribution is 6.11. The molecule has 0 radical (unpaired) electrons. The highest BCUT2D eigenvalue weighted by Crippen LogP contribution is 2.44. The van der Waals surface area contributed by atoms with Gasteiger partial charge in [0.2, 0.25) is 0 Å². The van der Waals surface area contributed by atoms with E-state index in [0.717, 1.165) is 0 Å². The number of rotatable bonds is 3. The number of phenols is 3. The van der Waals surface area contributed by atoms with Crippen LogP contribution in [0.15, 0.2) is 36.4 Å². The maximum Gasteiger partial charge on any atom is 0.193 e.